The molecule has 56 heavy (non-hydrogen) atoms. The van der Waals surface area contributed by atoms with Crippen molar-refractivity contribution in [2.24, 2.45) is 0 Å². The van der Waals surface area contributed by atoms with E-state index in [0.29, 0.717) is 17.9 Å². The van der Waals surface area contributed by atoms with Crippen LogP contribution in [0.15, 0.2) is 103 Å². The van der Waals surface area contributed by atoms with Gasteiger partial charge in [0, 0.05) is 0 Å². The number of methoxy groups -OCH3 is 2. The Labute approximate surface area is 330 Å². The van der Waals surface area contributed by atoms with E-state index in [1.54, 1.807) is 25.0 Å². The standard InChI is InChI=1S/C43H55N4O8P/c1-32(2)46(33(3)4)56(51,52,31-13-28-44)41(39-16-10-11-17-40(39)47(49)50)27-29-45-42(48)18-12-30-55-43(34-14-8-7-9-15-34,35-19-23-37(53-5)24-20-35)36-21-25-38(54-6)26-22-36/h7-11,14-17,19-26,32-33,41,51-52H,12-13,18,27,29-31H2,1-6H3,(H,45,48). The SMILES string of the molecule is COc1ccc(C(OCCCC(=O)NCCC(c2ccccc2[N+](=O)[O-])P(O)(O)(CCC#N)N(C(C)C)C(C)C)(c2ccccc2)c2ccc(OC)cc2)cc1. The number of hydrogen-bond acceptors (Lipinski definition) is 10. The van der Waals surface area contributed by atoms with E-state index in [2.05, 4.69) is 5.32 Å². The van der Waals surface area contributed by atoms with Crippen LogP contribution in [0.3, 0.4) is 0 Å². The molecular formula is C43H55N4O8P. The first-order valence-corrected chi connectivity index (χ1v) is 21.2. The van der Waals surface area contributed by atoms with Gasteiger partial charge in [-0.2, -0.15) is 0 Å². The van der Waals surface area contributed by atoms with Crippen LogP contribution >= 0.6 is 7.21 Å². The molecule has 1 amide bonds. The Balaban J connectivity index is 1.58. The molecule has 1 unspecified atom stereocenters. The van der Waals surface area contributed by atoms with Crippen LogP contribution < -0.4 is 14.8 Å². The van der Waals surface area contributed by atoms with Crippen molar-refractivity contribution in [2.75, 3.05) is 33.5 Å². The molecule has 0 fully saturated rings. The van der Waals surface area contributed by atoms with Crippen molar-refractivity contribution in [3.05, 3.63) is 135 Å². The Morgan fingerprint density at radius 2 is 1.38 bits per heavy atom. The molecule has 0 bridgehead atoms. The summed E-state index contributed by atoms with van der Waals surface area (Å²) in [5, 5.41) is 24.7. The fourth-order valence-electron chi connectivity index (χ4n) is 7.91. The Hall–Kier alpha value is -4.89. The second-order valence-corrected chi connectivity index (χ2v) is 18.3. The van der Waals surface area contributed by atoms with Crippen molar-refractivity contribution in [3.8, 4) is 17.6 Å². The summed E-state index contributed by atoms with van der Waals surface area (Å²) >= 11 is 0. The summed E-state index contributed by atoms with van der Waals surface area (Å²) in [4.78, 5) is 50.4. The summed E-state index contributed by atoms with van der Waals surface area (Å²) in [5.74, 6) is 1.11. The van der Waals surface area contributed by atoms with Crippen LogP contribution in [0.1, 0.15) is 81.3 Å². The predicted molar refractivity (Wildman–Crippen MR) is 220 cm³/mol. The normalized spacial score (nSPS) is 13.1. The predicted octanol–water partition coefficient (Wildman–Crippen LogP) is 8.26. The van der Waals surface area contributed by atoms with E-state index in [1.807, 2.05) is 113 Å². The fourth-order valence-corrected chi connectivity index (χ4v) is 12.8. The van der Waals surface area contributed by atoms with Crippen LogP contribution in [0.25, 0.3) is 0 Å². The van der Waals surface area contributed by atoms with Gasteiger partial charge >= 0.3 is 253 Å². The van der Waals surface area contributed by atoms with E-state index < -0.39 is 23.4 Å². The average Bonchev–Trinajstić information content (AvgIpc) is 3.19. The van der Waals surface area contributed by atoms with E-state index in [4.69, 9.17) is 14.2 Å². The van der Waals surface area contributed by atoms with Crippen LogP contribution in [0, 0.1) is 21.4 Å². The van der Waals surface area contributed by atoms with Gasteiger partial charge in [-0.3, -0.25) is 0 Å². The number of para-hydroxylation sites is 1. The number of nitro benzene ring substituents is 1. The van der Waals surface area contributed by atoms with E-state index >= 15 is 0 Å². The molecule has 12 nitrogen and oxygen atoms in total. The maximum atomic E-state index is 13.4. The zero-order valence-electron chi connectivity index (χ0n) is 33.1. The number of carbonyl (C=O) groups excluding carboxylic acids is 1. The summed E-state index contributed by atoms with van der Waals surface area (Å²) < 4.78 is 19.4. The molecule has 13 heteroatoms. The van der Waals surface area contributed by atoms with E-state index in [1.165, 1.54) is 18.2 Å². The van der Waals surface area contributed by atoms with Gasteiger partial charge < -0.3 is 9.47 Å². The second kappa shape index (κ2) is 19.3. The molecule has 0 heterocycles. The number of amides is 1. The van der Waals surface area contributed by atoms with Crippen molar-refractivity contribution in [1.29, 1.82) is 5.26 Å². The molecule has 4 aromatic rings. The van der Waals surface area contributed by atoms with Gasteiger partial charge in [-0.25, -0.2) is 0 Å². The minimum Gasteiger partial charge on any atom is -0.497 e. The molecule has 0 saturated carbocycles. The van der Waals surface area contributed by atoms with Gasteiger partial charge in [-0.15, -0.1) is 0 Å². The zero-order chi connectivity index (χ0) is 41.0. The van der Waals surface area contributed by atoms with Crippen LogP contribution in [0.5, 0.6) is 11.5 Å². The van der Waals surface area contributed by atoms with Crippen molar-refractivity contribution < 1.29 is 33.7 Å². The molecule has 4 aromatic carbocycles. The molecule has 300 valence electrons. The van der Waals surface area contributed by atoms with Gasteiger partial charge in [0.25, 0.3) is 0 Å². The topological polar surface area (TPSA) is 167 Å². The first-order chi connectivity index (χ1) is 26.7. The minimum absolute atomic E-state index is 0.00859. The van der Waals surface area contributed by atoms with Crippen LogP contribution in [-0.4, -0.2) is 70.9 Å². The number of nitriles is 1. The van der Waals surface area contributed by atoms with Gasteiger partial charge in [-0.05, 0) is 24.3 Å². The van der Waals surface area contributed by atoms with Gasteiger partial charge in [-0.1, -0.05) is 18.2 Å². The number of nitro groups is 1. The van der Waals surface area contributed by atoms with Gasteiger partial charge in [0.1, 0.15) is 11.5 Å². The summed E-state index contributed by atoms with van der Waals surface area (Å²) in [6, 6.07) is 32.6. The molecule has 0 saturated heterocycles. The number of ether oxygens (including phenoxy) is 3. The second-order valence-electron chi connectivity index (χ2n) is 14.3. The van der Waals surface area contributed by atoms with Gasteiger partial charge in [0.05, 0.1) is 14.2 Å². The number of benzene rings is 4. The molecule has 0 aromatic heterocycles. The Kier molecular flexibility index (Phi) is 15.1. The van der Waals surface area contributed by atoms with Crippen LogP contribution in [0.2, 0.25) is 0 Å². The van der Waals surface area contributed by atoms with Crippen LogP contribution in [0.4, 0.5) is 5.69 Å². The maximum absolute atomic E-state index is 13.4. The fraction of sp³-hybridized carbons (Fsp3) is 0.395. The van der Waals surface area contributed by atoms with Crippen molar-refractivity contribution in [2.45, 2.75) is 76.7 Å². The first kappa shape index (κ1) is 43.8. The van der Waals surface area contributed by atoms with Crippen molar-refractivity contribution in [1.82, 2.24) is 9.99 Å². The number of rotatable bonds is 21. The molecule has 3 N–H and O–H groups in total. The molecule has 0 radical (unpaired) electrons. The minimum atomic E-state index is -5.10. The van der Waals surface area contributed by atoms with E-state index in [0.717, 1.165) is 16.7 Å². The zero-order valence-corrected chi connectivity index (χ0v) is 34.0. The van der Waals surface area contributed by atoms with Crippen molar-refractivity contribution >= 4 is 18.8 Å². The summed E-state index contributed by atoms with van der Waals surface area (Å²) in [7, 11) is -1.88. The molecule has 0 spiro atoms. The number of nitrogens with zero attached hydrogens (tertiary/aromatic N) is 3. The van der Waals surface area contributed by atoms with Gasteiger partial charge in [0.15, 0.2) is 0 Å². The third-order valence-electron chi connectivity index (χ3n) is 10.1. The number of nitrogens with one attached hydrogen (secondary N) is 1. The molecule has 0 aliphatic heterocycles. The average molecular weight is 787 g/mol. The van der Waals surface area contributed by atoms with Crippen molar-refractivity contribution in [3.63, 3.8) is 0 Å². The Morgan fingerprint density at radius 1 is 0.857 bits per heavy atom. The van der Waals surface area contributed by atoms with E-state index in [-0.39, 0.29) is 67.8 Å². The summed E-state index contributed by atoms with van der Waals surface area (Å²) in [5.41, 5.74) is 0.332. The third-order valence-corrected chi connectivity index (χ3v) is 15.0. The molecular weight excluding hydrogens is 731 g/mol. The Bertz CT molecular complexity index is 1880. The van der Waals surface area contributed by atoms with Gasteiger partial charge in [0.2, 0.25) is 0 Å². The smallest absolute Gasteiger partial charge is 0.497 e. The molecule has 0 aliphatic rings. The first-order valence-electron chi connectivity index (χ1n) is 18.9. The third kappa shape index (κ3) is 9.73. The number of hydrogen-bond donors (Lipinski definition) is 3. The molecule has 0 aliphatic carbocycles. The summed E-state index contributed by atoms with van der Waals surface area (Å²) in [6.07, 6.45) is 0.0161. The Morgan fingerprint density at radius 3 is 1.88 bits per heavy atom. The quantitative estimate of drug-likeness (QED) is 0.0246. The van der Waals surface area contributed by atoms with E-state index in [9.17, 15) is 30.0 Å². The number of carbonyl (C=O) groups is 1. The summed E-state index contributed by atoms with van der Waals surface area (Å²) in [6.45, 7) is 7.53. The monoisotopic (exact) mass is 786 g/mol. The molecule has 4 rings (SSSR count). The van der Waals surface area contributed by atoms with Crippen LogP contribution in [-0.2, 0) is 15.1 Å². The molecule has 1 atom stereocenters.